The van der Waals surface area contributed by atoms with Gasteiger partial charge in [0.2, 0.25) is 0 Å². The van der Waals surface area contributed by atoms with Crippen molar-refractivity contribution in [3.8, 4) is 15.6 Å². The molecule has 2 aromatic heterocycles. The van der Waals surface area contributed by atoms with E-state index < -0.39 is 18.0 Å². The summed E-state index contributed by atoms with van der Waals surface area (Å²) < 4.78 is 10.5. The molecule has 2 heterocycles. The number of nitrogens with one attached hydrogen (secondary N) is 1. The Morgan fingerprint density at radius 3 is 2.74 bits per heavy atom. The molecule has 0 fully saturated rings. The van der Waals surface area contributed by atoms with Gasteiger partial charge in [-0.2, -0.15) is 0 Å². The number of thiazole rings is 1. The van der Waals surface area contributed by atoms with Gasteiger partial charge in [0.15, 0.2) is 11.8 Å². The summed E-state index contributed by atoms with van der Waals surface area (Å²) in [6, 6.07) is 9.29. The zero-order valence-corrected chi connectivity index (χ0v) is 16.6. The SMILES string of the molecule is COc1ccc(C)cc1NC(=O)[C@@H](C)OC(=O)c1csc(-c2cccs2)n1. The standard InChI is InChI=1S/C19H18N2O4S2/c1-11-6-7-15(24-3)13(9-11)20-17(22)12(2)25-19(23)14-10-27-18(21-14)16-5-4-8-26-16/h4-10,12H,1-3H3,(H,20,22)/t12-/m1/s1. The molecule has 3 rings (SSSR count). The summed E-state index contributed by atoms with van der Waals surface area (Å²) in [5, 5.41) is 7.05. The fourth-order valence-corrected chi connectivity index (χ4v) is 3.91. The molecule has 1 atom stereocenters. The summed E-state index contributed by atoms with van der Waals surface area (Å²) in [5.41, 5.74) is 1.69. The van der Waals surface area contributed by atoms with Crippen LogP contribution in [0.15, 0.2) is 41.1 Å². The van der Waals surface area contributed by atoms with Crippen molar-refractivity contribution in [2.75, 3.05) is 12.4 Å². The Bertz CT molecular complexity index is 951. The maximum absolute atomic E-state index is 12.4. The molecule has 0 aliphatic rings. The first kappa shape index (κ1) is 19.1. The van der Waals surface area contributed by atoms with E-state index in [1.165, 1.54) is 25.4 Å². The first-order valence-corrected chi connectivity index (χ1v) is 9.89. The van der Waals surface area contributed by atoms with Gasteiger partial charge in [-0.1, -0.05) is 12.1 Å². The number of esters is 1. The lowest BCUT2D eigenvalue weighted by Crippen LogP contribution is -2.30. The number of hydrogen-bond donors (Lipinski definition) is 1. The summed E-state index contributed by atoms with van der Waals surface area (Å²) >= 11 is 2.91. The highest BCUT2D eigenvalue weighted by Gasteiger charge is 2.22. The molecule has 1 N–H and O–H groups in total. The summed E-state index contributed by atoms with van der Waals surface area (Å²) in [6.07, 6.45) is -0.977. The van der Waals surface area contributed by atoms with E-state index in [4.69, 9.17) is 9.47 Å². The number of carbonyl (C=O) groups is 2. The van der Waals surface area contributed by atoms with E-state index in [1.807, 2.05) is 30.5 Å². The van der Waals surface area contributed by atoms with E-state index in [-0.39, 0.29) is 5.69 Å². The molecular formula is C19H18N2O4S2. The van der Waals surface area contributed by atoms with Crippen LogP contribution in [0.5, 0.6) is 5.75 Å². The highest BCUT2D eigenvalue weighted by atomic mass is 32.1. The van der Waals surface area contributed by atoms with Crippen LogP contribution in [-0.4, -0.2) is 30.1 Å². The second-order valence-electron chi connectivity index (χ2n) is 5.76. The normalized spacial score (nSPS) is 11.7. The van der Waals surface area contributed by atoms with Gasteiger partial charge in [-0.3, -0.25) is 4.79 Å². The molecule has 3 aromatic rings. The van der Waals surface area contributed by atoms with Gasteiger partial charge in [-0.25, -0.2) is 9.78 Å². The maximum Gasteiger partial charge on any atom is 0.358 e. The van der Waals surface area contributed by atoms with E-state index >= 15 is 0 Å². The van der Waals surface area contributed by atoms with Crippen molar-refractivity contribution in [3.05, 3.63) is 52.3 Å². The lowest BCUT2D eigenvalue weighted by Gasteiger charge is -2.15. The number of amides is 1. The lowest BCUT2D eigenvalue weighted by atomic mass is 10.2. The number of anilines is 1. The largest absolute Gasteiger partial charge is 0.495 e. The van der Waals surface area contributed by atoms with Crippen LogP contribution in [0.3, 0.4) is 0 Å². The smallest absolute Gasteiger partial charge is 0.358 e. The van der Waals surface area contributed by atoms with Crippen molar-refractivity contribution < 1.29 is 19.1 Å². The first-order valence-electron chi connectivity index (χ1n) is 8.14. The number of nitrogens with zero attached hydrogens (tertiary/aromatic N) is 1. The fourth-order valence-electron chi connectivity index (χ4n) is 2.31. The number of benzene rings is 1. The number of carbonyl (C=O) groups excluding carboxylic acids is 2. The molecule has 0 aliphatic carbocycles. The third-order valence-corrected chi connectivity index (χ3v) is 5.59. The second-order valence-corrected chi connectivity index (χ2v) is 7.56. The van der Waals surface area contributed by atoms with Gasteiger partial charge in [0.1, 0.15) is 10.8 Å². The predicted molar refractivity (Wildman–Crippen MR) is 107 cm³/mol. The topological polar surface area (TPSA) is 77.5 Å². The van der Waals surface area contributed by atoms with Gasteiger partial charge in [-0.05, 0) is 43.0 Å². The van der Waals surface area contributed by atoms with E-state index in [0.717, 1.165) is 15.4 Å². The molecule has 6 nitrogen and oxygen atoms in total. The monoisotopic (exact) mass is 402 g/mol. The lowest BCUT2D eigenvalue weighted by molar-refractivity contribution is -0.123. The molecule has 8 heteroatoms. The first-order chi connectivity index (χ1) is 13.0. The van der Waals surface area contributed by atoms with Gasteiger partial charge >= 0.3 is 5.97 Å². The molecule has 0 saturated carbocycles. The van der Waals surface area contributed by atoms with E-state index in [1.54, 1.807) is 28.8 Å². The molecule has 27 heavy (non-hydrogen) atoms. The number of aromatic nitrogens is 1. The van der Waals surface area contributed by atoms with Crippen LogP contribution in [0, 0.1) is 6.92 Å². The van der Waals surface area contributed by atoms with Crippen molar-refractivity contribution in [3.63, 3.8) is 0 Å². The van der Waals surface area contributed by atoms with Crippen molar-refractivity contribution in [2.45, 2.75) is 20.0 Å². The van der Waals surface area contributed by atoms with Gasteiger partial charge in [0.25, 0.3) is 5.91 Å². The minimum atomic E-state index is -0.977. The molecule has 1 amide bonds. The molecule has 0 bridgehead atoms. The molecular weight excluding hydrogens is 384 g/mol. The Hall–Kier alpha value is -2.71. The van der Waals surface area contributed by atoms with Crippen molar-refractivity contribution in [1.29, 1.82) is 0 Å². The zero-order chi connectivity index (χ0) is 19.4. The van der Waals surface area contributed by atoms with E-state index in [2.05, 4.69) is 10.3 Å². The molecule has 140 valence electrons. The Kier molecular flexibility index (Phi) is 5.88. The molecule has 0 radical (unpaired) electrons. The summed E-state index contributed by atoms with van der Waals surface area (Å²) in [7, 11) is 1.52. The fraction of sp³-hybridized carbons (Fsp3) is 0.211. The van der Waals surface area contributed by atoms with Crippen LogP contribution < -0.4 is 10.1 Å². The third-order valence-electron chi connectivity index (χ3n) is 3.71. The number of rotatable bonds is 6. The van der Waals surface area contributed by atoms with E-state index in [0.29, 0.717) is 11.4 Å². The average molecular weight is 402 g/mol. The minimum absolute atomic E-state index is 0.191. The van der Waals surface area contributed by atoms with Crippen LogP contribution in [0.4, 0.5) is 5.69 Å². The number of hydrogen-bond acceptors (Lipinski definition) is 7. The van der Waals surface area contributed by atoms with Crippen molar-refractivity contribution in [2.24, 2.45) is 0 Å². The number of aryl methyl sites for hydroxylation is 1. The zero-order valence-electron chi connectivity index (χ0n) is 15.0. The predicted octanol–water partition coefficient (Wildman–Crippen LogP) is 4.37. The van der Waals surface area contributed by atoms with Crippen LogP contribution in [0.2, 0.25) is 0 Å². The summed E-state index contributed by atoms with van der Waals surface area (Å²) in [6.45, 7) is 3.42. The quantitative estimate of drug-likeness (QED) is 0.620. The Balaban J connectivity index is 1.64. The Labute approximate surface area is 164 Å². The van der Waals surface area contributed by atoms with E-state index in [9.17, 15) is 9.59 Å². The number of ether oxygens (including phenoxy) is 2. The molecule has 0 spiro atoms. The highest BCUT2D eigenvalue weighted by molar-refractivity contribution is 7.20. The number of methoxy groups -OCH3 is 1. The Morgan fingerprint density at radius 2 is 2.04 bits per heavy atom. The average Bonchev–Trinajstić information content (AvgIpc) is 3.33. The summed E-state index contributed by atoms with van der Waals surface area (Å²) in [5.74, 6) is -0.540. The minimum Gasteiger partial charge on any atom is -0.495 e. The van der Waals surface area contributed by atoms with Crippen LogP contribution in [0.25, 0.3) is 9.88 Å². The number of thiophene rings is 1. The van der Waals surface area contributed by atoms with Crippen LogP contribution in [0.1, 0.15) is 23.0 Å². The second kappa shape index (κ2) is 8.32. The molecule has 0 unspecified atom stereocenters. The Morgan fingerprint density at radius 1 is 1.22 bits per heavy atom. The van der Waals surface area contributed by atoms with Gasteiger partial charge in [0, 0.05) is 5.38 Å². The van der Waals surface area contributed by atoms with Gasteiger partial charge < -0.3 is 14.8 Å². The summed E-state index contributed by atoms with van der Waals surface area (Å²) in [4.78, 5) is 30.0. The maximum atomic E-state index is 12.4. The van der Waals surface area contributed by atoms with Crippen molar-refractivity contribution in [1.82, 2.24) is 4.98 Å². The third kappa shape index (κ3) is 4.53. The van der Waals surface area contributed by atoms with Gasteiger partial charge in [-0.15, -0.1) is 22.7 Å². The highest BCUT2D eigenvalue weighted by Crippen LogP contribution is 2.28. The van der Waals surface area contributed by atoms with Crippen molar-refractivity contribution >= 4 is 40.2 Å². The molecule has 1 aromatic carbocycles. The van der Waals surface area contributed by atoms with Crippen LogP contribution in [-0.2, 0) is 9.53 Å². The van der Waals surface area contributed by atoms with Gasteiger partial charge in [0.05, 0.1) is 17.7 Å². The molecule has 0 saturated heterocycles. The van der Waals surface area contributed by atoms with Crippen LogP contribution >= 0.6 is 22.7 Å². The molecule has 0 aliphatic heterocycles.